The summed E-state index contributed by atoms with van der Waals surface area (Å²) in [5.41, 5.74) is -1.27. The van der Waals surface area contributed by atoms with Crippen LogP contribution in [-0.4, -0.2) is 28.1 Å². The van der Waals surface area contributed by atoms with Crippen molar-refractivity contribution >= 4 is 0 Å². The number of halogens is 3. The molecule has 0 aromatic carbocycles. The summed E-state index contributed by atoms with van der Waals surface area (Å²) in [7, 11) is 0. The highest BCUT2D eigenvalue weighted by Crippen LogP contribution is 2.35. The first-order chi connectivity index (χ1) is 6.33. The van der Waals surface area contributed by atoms with Crippen LogP contribution >= 0.6 is 0 Å². The monoisotopic (exact) mass is 212 g/mol. The summed E-state index contributed by atoms with van der Waals surface area (Å²) in [6.07, 6.45) is -4.56. The molecule has 0 spiro atoms. The molecule has 1 unspecified atom stereocenters. The van der Waals surface area contributed by atoms with Crippen molar-refractivity contribution in [2.45, 2.75) is 56.4 Å². The SMILES string of the molecule is OC(CCC(F)(F)F)C1(O)CCCC1. The number of alkyl halides is 3. The van der Waals surface area contributed by atoms with E-state index < -0.39 is 30.7 Å². The second kappa shape index (κ2) is 4.06. The first-order valence-electron chi connectivity index (χ1n) is 4.81. The molecule has 5 heteroatoms. The summed E-state index contributed by atoms with van der Waals surface area (Å²) in [4.78, 5) is 0. The van der Waals surface area contributed by atoms with Crippen LogP contribution in [0.3, 0.4) is 0 Å². The second-order valence-corrected chi connectivity index (χ2v) is 3.98. The van der Waals surface area contributed by atoms with Gasteiger partial charge in [0.15, 0.2) is 0 Å². The normalized spacial score (nSPS) is 23.8. The van der Waals surface area contributed by atoms with Gasteiger partial charge in [0.05, 0.1) is 11.7 Å². The molecular formula is C9H15F3O2. The molecule has 1 atom stereocenters. The van der Waals surface area contributed by atoms with Crippen LogP contribution in [0, 0.1) is 0 Å². The number of hydrogen-bond acceptors (Lipinski definition) is 2. The van der Waals surface area contributed by atoms with Crippen LogP contribution in [-0.2, 0) is 0 Å². The van der Waals surface area contributed by atoms with Crippen LogP contribution in [0.25, 0.3) is 0 Å². The molecule has 84 valence electrons. The van der Waals surface area contributed by atoms with Gasteiger partial charge >= 0.3 is 6.18 Å². The fraction of sp³-hybridized carbons (Fsp3) is 1.00. The van der Waals surface area contributed by atoms with Crippen molar-refractivity contribution in [3.8, 4) is 0 Å². The highest BCUT2D eigenvalue weighted by atomic mass is 19.4. The van der Waals surface area contributed by atoms with Gasteiger partial charge in [-0.3, -0.25) is 0 Å². The minimum Gasteiger partial charge on any atom is -0.390 e. The largest absolute Gasteiger partial charge is 0.390 e. The maximum Gasteiger partial charge on any atom is 0.389 e. The van der Waals surface area contributed by atoms with Crippen LogP contribution in [0.2, 0.25) is 0 Å². The van der Waals surface area contributed by atoms with Gasteiger partial charge in [-0.25, -0.2) is 0 Å². The van der Waals surface area contributed by atoms with Crippen molar-refractivity contribution in [2.75, 3.05) is 0 Å². The summed E-state index contributed by atoms with van der Waals surface area (Å²) in [5, 5.41) is 19.2. The third kappa shape index (κ3) is 3.13. The zero-order chi connectivity index (χ0) is 10.8. The Hall–Kier alpha value is -0.290. The Balaban J connectivity index is 2.37. The van der Waals surface area contributed by atoms with E-state index in [1.807, 2.05) is 0 Å². The van der Waals surface area contributed by atoms with E-state index in [4.69, 9.17) is 0 Å². The topological polar surface area (TPSA) is 40.5 Å². The van der Waals surface area contributed by atoms with Gasteiger partial charge in [-0.05, 0) is 19.3 Å². The van der Waals surface area contributed by atoms with Gasteiger partial charge in [0, 0.05) is 6.42 Å². The first-order valence-corrected chi connectivity index (χ1v) is 4.81. The Labute approximate surface area is 80.7 Å². The van der Waals surface area contributed by atoms with E-state index in [9.17, 15) is 23.4 Å². The van der Waals surface area contributed by atoms with Gasteiger partial charge in [-0.15, -0.1) is 0 Å². The lowest BCUT2D eigenvalue weighted by atomic mass is 9.91. The quantitative estimate of drug-likeness (QED) is 0.751. The van der Waals surface area contributed by atoms with Crippen LogP contribution in [0.1, 0.15) is 38.5 Å². The molecule has 0 heterocycles. The zero-order valence-corrected chi connectivity index (χ0v) is 7.85. The minimum absolute atomic E-state index is 0.403. The van der Waals surface area contributed by atoms with E-state index in [1.54, 1.807) is 0 Å². The molecule has 2 N–H and O–H groups in total. The maximum atomic E-state index is 11.8. The molecule has 1 saturated carbocycles. The number of aliphatic hydroxyl groups excluding tert-OH is 1. The molecule has 0 aromatic rings. The lowest BCUT2D eigenvalue weighted by Crippen LogP contribution is -2.40. The third-order valence-electron chi connectivity index (χ3n) is 2.79. The molecule has 1 rings (SSSR count). The standard InChI is InChI=1S/C9H15F3O2/c10-9(11,12)6-3-7(13)8(14)4-1-2-5-8/h7,13-14H,1-6H2. The fourth-order valence-corrected chi connectivity index (χ4v) is 1.89. The summed E-state index contributed by atoms with van der Waals surface area (Å²) in [5.74, 6) is 0. The summed E-state index contributed by atoms with van der Waals surface area (Å²) in [6.45, 7) is 0. The molecule has 1 aliphatic rings. The van der Waals surface area contributed by atoms with Crippen molar-refractivity contribution in [3.05, 3.63) is 0 Å². The average molecular weight is 212 g/mol. The van der Waals surface area contributed by atoms with Gasteiger partial charge in [0.1, 0.15) is 0 Å². The molecule has 0 radical (unpaired) electrons. The highest BCUT2D eigenvalue weighted by Gasteiger charge is 2.40. The van der Waals surface area contributed by atoms with Crippen molar-refractivity contribution in [2.24, 2.45) is 0 Å². The van der Waals surface area contributed by atoms with Gasteiger partial charge in [-0.1, -0.05) is 12.8 Å². The molecule has 0 aromatic heterocycles. The molecular weight excluding hydrogens is 197 g/mol. The Morgan fingerprint density at radius 1 is 1.21 bits per heavy atom. The van der Waals surface area contributed by atoms with Crippen molar-refractivity contribution in [1.82, 2.24) is 0 Å². The van der Waals surface area contributed by atoms with E-state index in [2.05, 4.69) is 0 Å². The van der Waals surface area contributed by atoms with E-state index >= 15 is 0 Å². The predicted octanol–water partition coefficient (Wildman–Crippen LogP) is 1.99. The van der Waals surface area contributed by atoms with Crippen molar-refractivity contribution < 1.29 is 23.4 Å². The van der Waals surface area contributed by atoms with Gasteiger partial charge in [0.2, 0.25) is 0 Å². The lowest BCUT2D eigenvalue weighted by molar-refractivity contribution is -0.150. The fourth-order valence-electron chi connectivity index (χ4n) is 1.89. The van der Waals surface area contributed by atoms with Crippen molar-refractivity contribution in [1.29, 1.82) is 0 Å². The molecule has 1 fully saturated rings. The maximum absolute atomic E-state index is 11.8. The second-order valence-electron chi connectivity index (χ2n) is 3.98. The van der Waals surface area contributed by atoms with Crippen LogP contribution in [0.5, 0.6) is 0 Å². The smallest absolute Gasteiger partial charge is 0.389 e. The molecule has 2 nitrogen and oxygen atoms in total. The Kier molecular flexibility index (Phi) is 3.42. The molecule has 0 bridgehead atoms. The van der Waals surface area contributed by atoms with Gasteiger partial charge in [-0.2, -0.15) is 13.2 Å². The highest BCUT2D eigenvalue weighted by molar-refractivity contribution is 4.90. The summed E-state index contributed by atoms with van der Waals surface area (Å²) < 4.78 is 35.5. The minimum atomic E-state index is -4.25. The molecule has 0 saturated heterocycles. The number of aliphatic hydroxyl groups is 2. The molecule has 0 amide bonds. The third-order valence-corrected chi connectivity index (χ3v) is 2.79. The number of rotatable bonds is 3. The van der Waals surface area contributed by atoms with Crippen LogP contribution in [0.15, 0.2) is 0 Å². The molecule has 14 heavy (non-hydrogen) atoms. The van der Waals surface area contributed by atoms with E-state index in [0.29, 0.717) is 12.8 Å². The van der Waals surface area contributed by atoms with E-state index in [-0.39, 0.29) is 0 Å². The van der Waals surface area contributed by atoms with Crippen LogP contribution in [0.4, 0.5) is 13.2 Å². The van der Waals surface area contributed by atoms with E-state index in [0.717, 1.165) is 12.8 Å². The van der Waals surface area contributed by atoms with Gasteiger partial charge < -0.3 is 10.2 Å². The first kappa shape index (κ1) is 11.8. The Bertz CT molecular complexity index is 185. The Morgan fingerprint density at radius 3 is 2.14 bits per heavy atom. The van der Waals surface area contributed by atoms with Crippen LogP contribution < -0.4 is 0 Å². The zero-order valence-electron chi connectivity index (χ0n) is 7.85. The summed E-state index contributed by atoms with van der Waals surface area (Å²) in [6, 6.07) is 0. The van der Waals surface area contributed by atoms with Crippen molar-refractivity contribution in [3.63, 3.8) is 0 Å². The Morgan fingerprint density at radius 2 is 1.71 bits per heavy atom. The molecule has 0 aliphatic heterocycles. The molecule has 1 aliphatic carbocycles. The van der Waals surface area contributed by atoms with Gasteiger partial charge in [0.25, 0.3) is 0 Å². The average Bonchev–Trinajstić information content (AvgIpc) is 2.48. The van der Waals surface area contributed by atoms with E-state index in [1.165, 1.54) is 0 Å². The number of hydrogen-bond donors (Lipinski definition) is 2. The summed E-state index contributed by atoms with van der Waals surface area (Å²) >= 11 is 0. The predicted molar refractivity (Wildman–Crippen MR) is 44.7 cm³/mol. The lowest BCUT2D eigenvalue weighted by Gasteiger charge is -2.28.